The fraction of sp³-hybridized carbons (Fsp3) is 0.188. The molecule has 0 bridgehead atoms. The second-order valence-corrected chi connectivity index (χ2v) is 5.65. The van der Waals surface area contributed by atoms with Gasteiger partial charge >= 0.3 is 0 Å². The molecule has 4 heteroatoms. The van der Waals surface area contributed by atoms with Crippen LogP contribution in [0.25, 0.3) is 0 Å². The first-order chi connectivity index (χ1) is 9.58. The largest absolute Gasteiger partial charge is 0.351 e. The molecule has 0 saturated heterocycles. The highest BCUT2D eigenvalue weighted by Crippen LogP contribution is 2.21. The maximum atomic E-state index is 13.0. The van der Waals surface area contributed by atoms with Crippen molar-refractivity contribution in [3.05, 3.63) is 71.0 Å². The molecule has 2 rings (SSSR count). The average molecular weight is 336 g/mol. The molecule has 1 atom stereocenters. The molecule has 2 aromatic rings. The molecule has 0 heterocycles. The average Bonchev–Trinajstić information content (AvgIpc) is 2.45. The molecule has 104 valence electrons. The lowest BCUT2D eigenvalue weighted by atomic mass is 10.1. The minimum Gasteiger partial charge on any atom is -0.351 e. The van der Waals surface area contributed by atoms with Gasteiger partial charge < -0.3 is 5.32 Å². The Kier molecular flexibility index (Phi) is 4.90. The summed E-state index contributed by atoms with van der Waals surface area (Å²) in [5.74, 6) is -0.524. The van der Waals surface area contributed by atoms with Gasteiger partial charge in [-0.15, -0.1) is 0 Å². The molecule has 0 fully saturated rings. The molecule has 1 amide bonds. The first-order valence-electron chi connectivity index (χ1n) is 6.31. The van der Waals surface area contributed by atoms with Gasteiger partial charge in [-0.2, -0.15) is 0 Å². The monoisotopic (exact) mass is 335 g/mol. The quantitative estimate of drug-likeness (QED) is 0.840. The fourth-order valence-corrected chi connectivity index (χ4v) is 2.41. The summed E-state index contributed by atoms with van der Waals surface area (Å²) in [6.07, 6.45) is 0. The van der Waals surface area contributed by atoms with Crippen LogP contribution in [0.4, 0.5) is 4.39 Å². The molecular formula is C16H15BrFNO. The maximum absolute atomic E-state index is 13.0. The zero-order valence-corrected chi connectivity index (χ0v) is 12.7. The number of carbonyl (C=O) groups is 1. The van der Waals surface area contributed by atoms with E-state index < -0.39 is 0 Å². The summed E-state index contributed by atoms with van der Waals surface area (Å²) in [5.41, 5.74) is 2.23. The number of hydrogen-bond donors (Lipinski definition) is 1. The fourth-order valence-electron chi connectivity index (χ4n) is 1.94. The summed E-state index contributed by atoms with van der Waals surface area (Å²) in [7, 11) is 0. The second-order valence-electron chi connectivity index (χ2n) is 4.55. The van der Waals surface area contributed by atoms with Gasteiger partial charge in [-0.1, -0.05) is 46.3 Å². The molecule has 2 aromatic carbocycles. The van der Waals surface area contributed by atoms with Crippen LogP contribution >= 0.6 is 15.9 Å². The lowest BCUT2D eigenvalue weighted by Crippen LogP contribution is -2.27. The van der Waals surface area contributed by atoms with Crippen molar-refractivity contribution in [2.24, 2.45) is 0 Å². The molecule has 20 heavy (non-hydrogen) atoms. The molecule has 0 aliphatic rings. The number of amides is 1. The van der Waals surface area contributed by atoms with Crippen molar-refractivity contribution in [3.63, 3.8) is 0 Å². The highest BCUT2D eigenvalue weighted by Gasteiger charge is 2.12. The predicted molar refractivity (Wildman–Crippen MR) is 81.6 cm³/mol. The van der Waals surface area contributed by atoms with Crippen LogP contribution in [0.3, 0.4) is 0 Å². The zero-order chi connectivity index (χ0) is 14.5. The van der Waals surface area contributed by atoms with Gasteiger partial charge in [0.25, 0.3) is 5.91 Å². The Morgan fingerprint density at radius 1 is 1.25 bits per heavy atom. The summed E-state index contributed by atoms with van der Waals surface area (Å²) in [6, 6.07) is 14.0. The second kappa shape index (κ2) is 6.66. The molecule has 0 saturated carbocycles. The Bertz CT molecular complexity index is 601. The van der Waals surface area contributed by atoms with Crippen molar-refractivity contribution in [1.82, 2.24) is 5.32 Å². The Balaban J connectivity index is 1.99. The van der Waals surface area contributed by atoms with Crippen LogP contribution in [-0.2, 0) is 0 Å². The van der Waals surface area contributed by atoms with Crippen LogP contribution in [0.2, 0.25) is 0 Å². The molecule has 0 spiro atoms. The van der Waals surface area contributed by atoms with Crippen LogP contribution < -0.4 is 5.32 Å². The van der Waals surface area contributed by atoms with Crippen LogP contribution in [-0.4, -0.2) is 12.5 Å². The Morgan fingerprint density at radius 2 is 1.95 bits per heavy atom. The molecule has 0 aromatic heterocycles. The van der Waals surface area contributed by atoms with E-state index in [-0.39, 0.29) is 16.6 Å². The third-order valence-electron chi connectivity index (χ3n) is 3.04. The first-order valence-corrected chi connectivity index (χ1v) is 7.23. The topological polar surface area (TPSA) is 29.1 Å². The van der Waals surface area contributed by atoms with Gasteiger partial charge in [0.15, 0.2) is 0 Å². The van der Waals surface area contributed by atoms with Crippen molar-refractivity contribution < 1.29 is 9.18 Å². The van der Waals surface area contributed by atoms with E-state index >= 15 is 0 Å². The van der Waals surface area contributed by atoms with Crippen molar-refractivity contribution in [2.45, 2.75) is 11.8 Å². The molecule has 2 nitrogen and oxygen atoms in total. The number of carbonyl (C=O) groups excluding carboxylic acids is 1. The smallest absolute Gasteiger partial charge is 0.251 e. The zero-order valence-electron chi connectivity index (χ0n) is 11.1. The van der Waals surface area contributed by atoms with Crippen LogP contribution in [0.15, 0.2) is 48.5 Å². The van der Waals surface area contributed by atoms with Crippen LogP contribution in [0.1, 0.15) is 26.3 Å². The molecule has 0 radical (unpaired) electrons. The van der Waals surface area contributed by atoms with E-state index in [0.29, 0.717) is 17.7 Å². The van der Waals surface area contributed by atoms with Gasteiger partial charge in [-0.3, -0.25) is 4.79 Å². The van der Waals surface area contributed by atoms with Crippen molar-refractivity contribution in [3.8, 4) is 0 Å². The maximum Gasteiger partial charge on any atom is 0.251 e. The third-order valence-corrected chi connectivity index (χ3v) is 3.89. The van der Waals surface area contributed by atoms with E-state index in [1.165, 1.54) is 18.2 Å². The summed E-state index contributed by atoms with van der Waals surface area (Å²) in [6.45, 7) is 2.19. The third kappa shape index (κ3) is 3.67. The summed E-state index contributed by atoms with van der Waals surface area (Å²) < 4.78 is 13.0. The van der Waals surface area contributed by atoms with E-state index in [1.54, 1.807) is 6.92 Å². The van der Waals surface area contributed by atoms with Gasteiger partial charge in [0, 0.05) is 12.1 Å². The first kappa shape index (κ1) is 14.7. The Hall–Kier alpha value is -1.68. The van der Waals surface area contributed by atoms with Gasteiger partial charge in [0.05, 0.1) is 4.83 Å². The normalized spacial score (nSPS) is 11.9. The van der Waals surface area contributed by atoms with E-state index in [2.05, 4.69) is 21.2 Å². The van der Waals surface area contributed by atoms with Crippen LogP contribution in [0, 0.1) is 12.7 Å². The van der Waals surface area contributed by atoms with Gasteiger partial charge in [-0.25, -0.2) is 4.39 Å². The van der Waals surface area contributed by atoms with E-state index in [0.717, 1.165) is 5.56 Å². The Labute approximate surface area is 126 Å². The van der Waals surface area contributed by atoms with Crippen LogP contribution in [0.5, 0.6) is 0 Å². The number of benzene rings is 2. The number of aryl methyl sites for hydroxylation is 1. The highest BCUT2D eigenvalue weighted by molar-refractivity contribution is 9.09. The van der Waals surface area contributed by atoms with Gasteiger partial charge in [0.2, 0.25) is 0 Å². The highest BCUT2D eigenvalue weighted by atomic mass is 79.9. The lowest BCUT2D eigenvalue weighted by Gasteiger charge is -2.12. The molecule has 1 N–H and O–H groups in total. The number of nitrogens with one attached hydrogen (secondary N) is 1. The van der Waals surface area contributed by atoms with Crippen molar-refractivity contribution >= 4 is 21.8 Å². The minimum absolute atomic E-state index is 0.0494. The number of rotatable bonds is 4. The SMILES string of the molecule is Cc1cc(F)ccc1C(=O)NCC(Br)c1ccccc1. The summed E-state index contributed by atoms with van der Waals surface area (Å²) in [4.78, 5) is 12.1. The van der Waals surface area contributed by atoms with Gasteiger partial charge in [-0.05, 0) is 36.2 Å². The lowest BCUT2D eigenvalue weighted by molar-refractivity contribution is 0.0953. The molecule has 0 aliphatic carbocycles. The van der Waals surface area contributed by atoms with E-state index in [1.807, 2.05) is 30.3 Å². The minimum atomic E-state index is -0.332. The molecular weight excluding hydrogens is 321 g/mol. The number of alkyl halides is 1. The summed E-state index contributed by atoms with van der Waals surface area (Å²) >= 11 is 3.54. The van der Waals surface area contributed by atoms with Crippen molar-refractivity contribution in [2.75, 3.05) is 6.54 Å². The van der Waals surface area contributed by atoms with E-state index in [4.69, 9.17) is 0 Å². The molecule has 1 unspecified atom stereocenters. The molecule has 0 aliphatic heterocycles. The summed E-state index contributed by atoms with van der Waals surface area (Å²) in [5, 5.41) is 2.85. The van der Waals surface area contributed by atoms with Crippen molar-refractivity contribution in [1.29, 1.82) is 0 Å². The van der Waals surface area contributed by atoms with Gasteiger partial charge in [0.1, 0.15) is 5.82 Å². The van der Waals surface area contributed by atoms with E-state index in [9.17, 15) is 9.18 Å². The number of hydrogen-bond acceptors (Lipinski definition) is 1. The predicted octanol–water partition coefficient (Wildman–Crippen LogP) is 4.00. The standard InChI is InChI=1S/C16H15BrFNO/c1-11-9-13(18)7-8-14(11)16(20)19-10-15(17)12-5-3-2-4-6-12/h2-9,15H,10H2,1H3,(H,19,20). The number of halogens is 2. The Morgan fingerprint density at radius 3 is 2.60 bits per heavy atom.